The number of primary amides is 1. The van der Waals surface area contributed by atoms with Crippen molar-refractivity contribution in [3.63, 3.8) is 0 Å². The Labute approximate surface area is 142 Å². The summed E-state index contributed by atoms with van der Waals surface area (Å²) in [6.45, 7) is 0. The fourth-order valence-corrected chi connectivity index (χ4v) is 2.48. The summed E-state index contributed by atoms with van der Waals surface area (Å²) in [7, 11) is 1.55. The number of halogens is 1. The van der Waals surface area contributed by atoms with E-state index in [1.807, 2.05) is 0 Å². The molecule has 3 rings (SSSR count). The zero-order chi connectivity index (χ0) is 18.0. The normalized spacial score (nSPS) is 10.6. The van der Waals surface area contributed by atoms with Gasteiger partial charge in [0.1, 0.15) is 22.8 Å². The fourth-order valence-electron chi connectivity index (χ4n) is 2.48. The number of carbonyl (C=O) groups is 2. The number of carbonyl (C=O) groups excluding carboxylic acids is 2. The lowest BCUT2D eigenvalue weighted by Gasteiger charge is -2.06. The summed E-state index contributed by atoms with van der Waals surface area (Å²) >= 11 is 0. The van der Waals surface area contributed by atoms with E-state index in [0.717, 1.165) is 5.56 Å². The zero-order valence-corrected chi connectivity index (χ0v) is 13.3. The Morgan fingerprint density at radius 3 is 2.56 bits per heavy atom. The van der Waals surface area contributed by atoms with Crippen LogP contribution in [0.2, 0.25) is 0 Å². The molecule has 0 aliphatic heterocycles. The van der Waals surface area contributed by atoms with Crippen LogP contribution >= 0.6 is 0 Å². The molecule has 3 aromatic rings. The molecule has 2 amide bonds. The topological polar surface area (TPSA) is 94.6 Å². The fraction of sp³-hybridized carbons (Fsp3) is 0.111. The SMILES string of the molecule is COc1ccc(CC(=O)Nc2c(C(N)=O)oc3ccc(F)cc23)cc1. The van der Waals surface area contributed by atoms with E-state index >= 15 is 0 Å². The van der Waals surface area contributed by atoms with E-state index in [4.69, 9.17) is 14.9 Å². The van der Waals surface area contributed by atoms with Gasteiger partial charge < -0.3 is 20.2 Å². The predicted octanol–water partition coefficient (Wildman–Crippen LogP) is 2.86. The Kier molecular flexibility index (Phi) is 4.38. The van der Waals surface area contributed by atoms with E-state index < -0.39 is 11.7 Å². The standard InChI is InChI=1S/C18H15FN2O4/c1-24-12-5-2-10(3-6-12)8-15(22)21-16-13-9-11(19)4-7-14(13)25-17(16)18(20)23/h2-7,9H,8H2,1H3,(H2,20,23)(H,21,22). The van der Waals surface area contributed by atoms with Crippen molar-refractivity contribution in [1.82, 2.24) is 0 Å². The Morgan fingerprint density at radius 2 is 1.92 bits per heavy atom. The van der Waals surface area contributed by atoms with Crippen molar-refractivity contribution in [2.75, 3.05) is 12.4 Å². The van der Waals surface area contributed by atoms with Gasteiger partial charge in [-0.15, -0.1) is 0 Å². The highest BCUT2D eigenvalue weighted by atomic mass is 19.1. The van der Waals surface area contributed by atoms with E-state index in [2.05, 4.69) is 5.32 Å². The van der Waals surface area contributed by atoms with Gasteiger partial charge in [0, 0.05) is 5.39 Å². The molecule has 0 atom stereocenters. The maximum atomic E-state index is 13.5. The van der Waals surface area contributed by atoms with Gasteiger partial charge in [-0.1, -0.05) is 12.1 Å². The molecule has 3 N–H and O–H groups in total. The van der Waals surface area contributed by atoms with Crippen LogP contribution in [0.3, 0.4) is 0 Å². The molecule has 0 aliphatic carbocycles. The molecule has 0 saturated carbocycles. The van der Waals surface area contributed by atoms with Gasteiger partial charge in [-0.05, 0) is 35.9 Å². The summed E-state index contributed by atoms with van der Waals surface area (Å²) in [5.74, 6) is -1.30. The van der Waals surface area contributed by atoms with Crippen molar-refractivity contribution in [3.05, 3.63) is 59.6 Å². The summed E-state index contributed by atoms with van der Waals surface area (Å²) in [6, 6.07) is 10.7. The van der Waals surface area contributed by atoms with E-state index in [-0.39, 0.29) is 34.7 Å². The first-order valence-electron chi connectivity index (χ1n) is 7.42. The zero-order valence-electron chi connectivity index (χ0n) is 13.3. The second kappa shape index (κ2) is 6.64. The Balaban J connectivity index is 1.87. The molecule has 1 heterocycles. The van der Waals surface area contributed by atoms with Crippen LogP contribution in [-0.2, 0) is 11.2 Å². The number of fused-ring (bicyclic) bond motifs is 1. The first-order valence-corrected chi connectivity index (χ1v) is 7.42. The minimum atomic E-state index is -0.851. The molecule has 0 spiro atoms. The maximum absolute atomic E-state index is 13.5. The predicted molar refractivity (Wildman–Crippen MR) is 90.0 cm³/mol. The summed E-state index contributed by atoms with van der Waals surface area (Å²) < 4.78 is 23.9. The Morgan fingerprint density at radius 1 is 1.20 bits per heavy atom. The van der Waals surface area contributed by atoms with E-state index in [0.29, 0.717) is 5.75 Å². The molecule has 0 saturated heterocycles. The number of nitrogens with two attached hydrogens (primary N) is 1. The van der Waals surface area contributed by atoms with Gasteiger partial charge in [0.2, 0.25) is 11.7 Å². The van der Waals surface area contributed by atoms with E-state index in [9.17, 15) is 14.0 Å². The number of hydrogen-bond acceptors (Lipinski definition) is 4. The number of hydrogen-bond donors (Lipinski definition) is 2. The first kappa shape index (κ1) is 16.5. The minimum Gasteiger partial charge on any atom is -0.497 e. The van der Waals surface area contributed by atoms with Crippen molar-refractivity contribution < 1.29 is 23.1 Å². The molecule has 0 bridgehead atoms. The molecule has 25 heavy (non-hydrogen) atoms. The third-order valence-corrected chi connectivity index (χ3v) is 3.66. The lowest BCUT2D eigenvalue weighted by molar-refractivity contribution is -0.115. The summed E-state index contributed by atoms with van der Waals surface area (Å²) in [6.07, 6.45) is 0.0597. The van der Waals surface area contributed by atoms with Crippen LogP contribution < -0.4 is 15.8 Å². The van der Waals surface area contributed by atoms with Crippen LogP contribution in [0.1, 0.15) is 16.1 Å². The van der Waals surface area contributed by atoms with Crippen molar-refractivity contribution in [3.8, 4) is 5.75 Å². The number of methoxy groups -OCH3 is 1. The van der Waals surface area contributed by atoms with E-state index in [1.165, 1.54) is 18.2 Å². The Hall–Kier alpha value is -3.35. The molecule has 0 radical (unpaired) electrons. The number of furan rings is 1. The van der Waals surface area contributed by atoms with Gasteiger partial charge in [-0.3, -0.25) is 9.59 Å². The molecule has 7 heteroatoms. The van der Waals surface area contributed by atoms with Crippen LogP contribution in [0.15, 0.2) is 46.9 Å². The van der Waals surface area contributed by atoms with Crippen molar-refractivity contribution >= 4 is 28.5 Å². The van der Waals surface area contributed by atoms with Gasteiger partial charge in [-0.2, -0.15) is 0 Å². The third-order valence-electron chi connectivity index (χ3n) is 3.66. The largest absolute Gasteiger partial charge is 0.497 e. The molecule has 128 valence electrons. The maximum Gasteiger partial charge on any atom is 0.286 e. The van der Waals surface area contributed by atoms with Crippen molar-refractivity contribution in [2.45, 2.75) is 6.42 Å². The number of anilines is 1. The first-order chi connectivity index (χ1) is 12.0. The van der Waals surface area contributed by atoms with Gasteiger partial charge >= 0.3 is 0 Å². The van der Waals surface area contributed by atoms with Gasteiger partial charge in [-0.25, -0.2) is 4.39 Å². The highest BCUT2D eigenvalue weighted by Gasteiger charge is 2.21. The highest BCUT2D eigenvalue weighted by molar-refractivity contribution is 6.10. The highest BCUT2D eigenvalue weighted by Crippen LogP contribution is 2.31. The smallest absolute Gasteiger partial charge is 0.286 e. The van der Waals surface area contributed by atoms with E-state index in [1.54, 1.807) is 31.4 Å². The quantitative estimate of drug-likeness (QED) is 0.745. The number of rotatable bonds is 5. The molecule has 2 aromatic carbocycles. The molecular weight excluding hydrogens is 327 g/mol. The Bertz CT molecular complexity index is 948. The van der Waals surface area contributed by atoms with Crippen LogP contribution in [0.4, 0.5) is 10.1 Å². The summed E-state index contributed by atoms with van der Waals surface area (Å²) in [5.41, 5.74) is 6.36. The van der Waals surface area contributed by atoms with Crippen molar-refractivity contribution in [2.24, 2.45) is 5.73 Å². The monoisotopic (exact) mass is 342 g/mol. The van der Waals surface area contributed by atoms with Crippen LogP contribution in [0.5, 0.6) is 5.75 Å². The lowest BCUT2D eigenvalue weighted by atomic mass is 10.1. The molecule has 0 aliphatic rings. The van der Waals surface area contributed by atoms with Gasteiger partial charge in [0.05, 0.1) is 13.5 Å². The third kappa shape index (κ3) is 3.45. The average molecular weight is 342 g/mol. The van der Waals surface area contributed by atoms with Crippen LogP contribution in [0.25, 0.3) is 11.0 Å². The number of amides is 2. The molecule has 6 nitrogen and oxygen atoms in total. The van der Waals surface area contributed by atoms with Crippen molar-refractivity contribution in [1.29, 1.82) is 0 Å². The van der Waals surface area contributed by atoms with Gasteiger partial charge in [0.15, 0.2) is 0 Å². The second-order valence-electron chi connectivity index (χ2n) is 5.38. The number of ether oxygens (including phenoxy) is 1. The molecule has 0 fully saturated rings. The summed E-state index contributed by atoms with van der Waals surface area (Å²) in [5, 5.41) is 2.86. The molecular formula is C18H15FN2O4. The number of nitrogens with one attached hydrogen (secondary N) is 1. The van der Waals surface area contributed by atoms with Gasteiger partial charge in [0.25, 0.3) is 5.91 Å². The number of benzene rings is 2. The summed E-state index contributed by atoms with van der Waals surface area (Å²) in [4.78, 5) is 23.9. The minimum absolute atomic E-state index is 0.0597. The van der Waals surface area contributed by atoms with Crippen LogP contribution in [-0.4, -0.2) is 18.9 Å². The second-order valence-corrected chi connectivity index (χ2v) is 5.38. The van der Waals surface area contributed by atoms with Crippen LogP contribution in [0, 0.1) is 5.82 Å². The molecule has 1 aromatic heterocycles. The molecule has 0 unspecified atom stereocenters. The lowest BCUT2D eigenvalue weighted by Crippen LogP contribution is -2.18. The average Bonchev–Trinajstić information content (AvgIpc) is 2.93.